The molecule has 0 bridgehead atoms. The number of rotatable bonds is 2. The van der Waals surface area contributed by atoms with Gasteiger partial charge in [-0.2, -0.15) is 0 Å². The number of aryl methyl sites for hydroxylation is 2. The lowest BCUT2D eigenvalue weighted by atomic mass is 10.0. The Kier molecular flexibility index (Phi) is 4.03. The molecule has 1 saturated heterocycles. The van der Waals surface area contributed by atoms with Gasteiger partial charge in [-0.05, 0) is 50.2 Å². The molecule has 3 rings (SSSR count). The molecule has 1 fully saturated rings. The third kappa shape index (κ3) is 2.99. The Labute approximate surface area is 122 Å². The summed E-state index contributed by atoms with van der Waals surface area (Å²) in [7, 11) is 0. The van der Waals surface area contributed by atoms with Crippen molar-refractivity contribution in [3.05, 3.63) is 23.4 Å². The molecule has 2 amide bonds. The van der Waals surface area contributed by atoms with Crippen LogP contribution in [0.4, 0.5) is 19.4 Å². The summed E-state index contributed by atoms with van der Waals surface area (Å²) in [5, 5.41) is 2.67. The van der Waals surface area contributed by atoms with Crippen LogP contribution in [0.25, 0.3) is 0 Å². The summed E-state index contributed by atoms with van der Waals surface area (Å²) in [6.45, 7) is 0.381. The summed E-state index contributed by atoms with van der Waals surface area (Å²) in [5.74, 6) is 0.458. The molecular weight excluding hydrogens is 276 g/mol. The molecule has 4 nitrogen and oxygen atoms in total. The summed E-state index contributed by atoms with van der Waals surface area (Å²) < 4.78 is 26.0. The molecule has 1 aliphatic carbocycles. The molecule has 1 unspecified atom stereocenters. The number of aromatic nitrogens is 1. The number of nitrogens with zero attached hydrogens (tertiary/aromatic N) is 2. The Morgan fingerprint density at radius 1 is 1.29 bits per heavy atom. The van der Waals surface area contributed by atoms with Gasteiger partial charge in [0.25, 0.3) is 6.43 Å². The number of hydrogen-bond donors (Lipinski definition) is 1. The maximum atomic E-state index is 13.0. The van der Waals surface area contributed by atoms with Gasteiger partial charge in [0.15, 0.2) is 0 Å². The van der Waals surface area contributed by atoms with Gasteiger partial charge in [-0.1, -0.05) is 6.07 Å². The lowest BCUT2D eigenvalue weighted by Gasteiger charge is -2.34. The van der Waals surface area contributed by atoms with Gasteiger partial charge >= 0.3 is 6.03 Å². The summed E-state index contributed by atoms with van der Waals surface area (Å²) in [4.78, 5) is 17.9. The largest absolute Gasteiger partial charge is 0.323 e. The van der Waals surface area contributed by atoms with Gasteiger partial charge in [-0.25, -0.2) is 18.6 Å². The minimum atomic E-state index is -2.50. The molecule has 1 aromatic heterocycles. The van der Waals surface area contributed by atoms with E-state index in [0.717, 1.165) is 37.8 Å². The molecule has 114 valence electrons. The van der Waals surface area contributed by atoms with E-state index in [0.29, 0.717) is 18.8 Å². The highest BCUT2D eigenvalue weighted by atomic mass is 19.3. The molecule has 1 aliphatic heterocycles. The van der Waals surface area contributed by atoms with Crippen LogP contribution in [0.15, 0.2) is 12.1 Å². The van der Waals surface area contributed by atoms with Crippen molar-refractivity contribution >= 4 is 11.8 Å². The number of likely N-dealkylation sites (tertiary alicyclic amines) is 1. The molecule has 1 atom stereocenters. The monoisotopic (exact) mass is 295 g/mol. The van der Waals surface area contributed by atoms with E-state index in [1.165, 1.54) is 10.5 Å². The minimum Gasteiger partial charge on any atom is -0.316 e. The van der Waals surface area contributed by atoms with Gasteiger partial charge in [0, 0.05) is 12.2 Å². The molecular formula is C15H19F2N3O. The number of piperidine rings is 1. The third-order valence-electron chi connectivity index (χ3n) is 4.26. The van der Waals surface area contributed by atoms with Gasteiger partial charge in [0.05, 0.1) is 6.04 Å². The van der Waals surface area contributed by atoms with Gasteiger partial charge in [0.2, 0.25) is 0 Å². The number of urea groups is 1. The molecule has 0 saturated carbocycles. The number of nitrogens with one attached hydrogen (secondary N) is 1. The van der Waals surface area contributed by atoms with Crippen molar-refractivity contribution in [3.8, 4) is 0 Å². The number of anilines is 1. The van der Waals surface area contributed by atoms with Crippen molar-refractivity contribution < 1.29 is 13.6 Å². The van der Waals surface area contributed by atoms with E-state index in [1.807, 2.05) is 6.07 Å². The first kappa shape index (κ1) is 14.2. The van der Waals surface area contributed by atoms with Crippen molar-refractivity contribution in [1.82, 2.24) is 9.88 Å². The molecule has 6 heteroatoms. The first-order valence-corrected chi connectivity index (χ1v) is 7.50. The smallest absolute Gasteiger partial charge is 0.316 e. The van der Waals surface area contributed by atoms with Crippen LogP contribution >= 0.6 is 0 Å². The third-order valence-corrected chi connectivity index (χ3v) is 4.26. The second-order valence-corrected chi connectivity index (χ2v) is 5.68. The number of carbonyl (C=O) groups excluding carboxylic acids is 1. The van der Waals surface area contributed by atoms with Crippen LogP contribution < -0.4 is 5.32 Å². The zero-order chi connectivity index (χ0) is 14.8. The first-order valence-electron chi connectivity index (χ1n) is 7.50. The number of hydrogen-bond acceptors (Lipinski definition) is 2. The van der Waals surface area contributed by atoms with Crippen molar-refractivity contribution in [1.29, 1.82) is 0 Å². The number of fused-ring (bicyclic) bond motifs is 1. The number of halogens is 2. The van der Waals surface area contributed by atoms with Crippen molar-refractivity contribution in [3.63, 3.8) is 0 Å². The fraction of sp³-hybridized carbons (Fsp3) is 0.600. The second kappa shape index (κ2) is 5.95. The predicted octanol–water partition coefficient (Wildman–Crippen LogP) is 3.22. The quantitative estimate of drug-likeness (QED) is 0.910. The van der Waals surface area contributed by atoms with Crippen LogP contribution in [0.2, 0.25) is 0 Å². The molecule has 21 heavy (non-hydrogen) atoms. The SMILES string of the molecule is O=C(Nc1ccc2c(n1)CCC2)N1CCCCC1C(F)F. The maximum Gasteiger partial charge on any atom is 0.323 e. The summed E-state index contributed by atoms with van der Waals surface area (Å²) in [6.07, 6.45) is 2.41. The van der Waals surface area contributed by atoms with Crippen molar-refractivity contribution in [2.45, 2.75) is 51.0 Å². The fourth-order valence-corrected chi connectivity index (χ4v) is 3.14. The molecule has 0 aromatic carbocycles. The Morgan fingerprint density at radius 3 is 2.95 bits per heavy atom. The van der Waals surface area contributed by atoms with Gasteiger partial charge in [0.1, 0.15) is 5.82 Å². The van der Waals surface area contributed by atoms with E-state index in [1.54, 1.807) is 6.07 Å². The Balaban J connectivity index is 1.70. The summed E-state index contributed by atoms with van der Waals surface area (Å²) in [6, 6.07) is 2.27. The van der Waals surface area contributed by atoms with Crippen LogP contribution in [-0.4, -0.2) is 34.9 Å². The van der Waals surface area contributed by atoms with Crippen LogP contribution in [0.5, 0.6) is 0 Å². The highest BCUT2D eigenvalue weighted by Crippen LogP contribution is 2.24. The molecule has 0 spiro atoms. The van der Waals surface area contributed by atoms with Gasteiger partial charge in [-0.3, -0.25) is 5.32 Å². The Morgan fingerprint density at radius 2 is 2.14 bits per heavy atom. The van der Waals surface area contributed by atoms with Crippen molar-refractivity contribution in [2.75, 3.05) is 11.9 Å². The van der Waals surface area contributed by atoms with Crippen LogP contribution in [0, 0.1) is 0 Å². The van der Waals surface area contributed by atoms with E-state index in [4.69, 9.17) is 0 Å². The lowest BCUT2D eigenvalue weighted by molar-refractivity contribution is 0.0267. The average molecular weight is 295 g/mol. The highest BCUT2D eigenvalue weighted by Gasteiger charge is 2.33. The lowest BCUT2D eigenvalue weighted by Crippen LogP contribution is -2.49. The van der Waals surface area contributed by atoms with Crippen LogP contribution in [-0.2, 0) is 12.8 Å². The normalized spacial score (nSPS) is 21.5. The molecule has 2 aliphatic rings. The zero-order valence-electron chi connectivity index (χ0n) is 11.8. The number of pyridine rings is 1. The fourth-order valence-electron chi connectivity index (χ4n) is 3.14. The second-order valence-electron chi connectivity index (χ2n) is 5.68. The Hall–Kier alpha value is -1.72. The number of alkyl halides is 2. The topological polar surface area (TPSA) is 45.2 Å². The molecule has 1 aromatic rings. The number of carbonyl (C=O) groups is 1. The molecule has 1 N–H and O–H groups in total. The highest BCUT2D eigenvalue weighted by molar-refractivity contribution is 5.88. The van der Waals surface area contributed by atoms with Gasteiger partial charge < -0.3 is 4.90 Å². The van der Waals surface area contributed by atoms with Crippen LogP contribution in [0.1, 0.15) is 36.9 Å². The summed E-state index contributed by atoms with van der Waals surface area (Å²) in [5.41, 5.74) is 2.23. The summed E-state index contributed by atoms with van der Waals surface area (Å²) >= 11 is 0. The van der Waals surface area contributed by atoms with E-state index in [2.05, 4.69) is 10.3 Å². The Bertz CT molecular complexity index is 536. The van der Waals surface area contributed by atoms with E-state index in [9.17, 15) is 13.6 Å². The predicted molar refractivity (Wildman–Crippen MR) is 75.6 cm³/mol. The number of amides is 2. The van der Waals surface area contributed by atoms with Crippen LogP contribution in [0.3, 0.4) is 0 Å². The van der Waals surface area contributed by atoms with E-state index < -0.39 is 18.5 Å². The zero-order valence-corrected chi connectivity index (χ0v) is 11.8. The van der Waals surface area contributed by atoms with Crippen molar-refractivity contribution in [2.24, 2.45) is 0 Å². The van der Waals surface area contributed by atoms with Gasteiger partial charge in [-0.15, -0.1) is 0 Å². The minimum absolute atomic E-state index is 0.364. The van der Waals surface area contributed by atoms with E-state index >= 15 is 0 Å². The maximum absolute atomic E-state index is 13.0. The van der Waals surface area contributed by atoms with E-state index in [-0.39, 0.29) is 0 Å². The standard InChI is InChI=1S/C15H19F2N3O/c16-14(17)12-6-1-2-9-20(12)15(21)19-13-8-7-10-4-3-5-11(10)18-13/h7-8,12,14H,1-6,9H2,(H,18,19,21). The average Bonchev–Trinajstić information content (AvgIpc) is 2.94. The molecule has 0 radical (unpaired) electrons. The molecule has 2 heterocycles. The first-order chi connectivity index (χ1) is 10.1.